The fraction of sp³-hybridized carbons (Fsp3) is 0.121. The van der Waals surface area contributed by atoms with Crippen LogP contribution in [0.4, 0.5) is 5.69 Å². The van der Waals surface area contributed by atoms with E-state index in [-0.39, 0.29) is 18.6 Å². The Morgan fingerprint density at radius 3 is 2.27 bits per heavy atom. The summed E-state index contributed by atoms with van der Waals surface area (Å²) >= 11 is 0. The molecule has 6 rings (SSSR count). The molecule has 41 heavy (non-hydrogen) atoms. The third-order valence-corrected chi connectivity index (χ3v) is 6.69. The van der Waals surface area contributed by atoms with Crippen LogP contribution in [0.25, 0.3) is 28.1 Å². The van der Waals surface area contributed by atoms with Crippen LogP contribution in [0.2, 0.25) is 0 Å². The van der Waals surface area contributed by atoms with Crippen molar-refractivity contribution in [1.29, 1.82) is 0 Å². The predicted octanol–water partition coefficient (Wildman–Crippen LogP) is 6.73. The number of fused-ring (bicyclic) bond motifs is 1. The van der Waals surface area contributed by atoms with E-state index in [0.717, 1.165) is 27.9 Å². The van der Waals surface area contributed by atoms with Gasteiger partial charge in [0.15, 0.2) is 11.5 Å². The Morgan fingerprint density at radius 2 is 1.54 bits per heavy atom. The Balaban J connectivity index is 1.46. The number of carbonyl (C=O) groups is 2. The van der Waals surface area contributed by atoms with Crippen molar-refractivity contribution >= 4 is 17.6 Å². The van der Waals surface area contributed by atoms with Crippen molar-refractivity contribution in [3.05, 3.63) is 108 Å². The van der Waals surface area contributed by atoms with Gasteiger partial charge in [0.25, 0.3) is 5.91 Å². The Bertz CT molecular complexity index is 1790. The summed E-state index contributed by atoms with van der Waals surface area (Å²) in [6.07, 6.45) is 0. The molecule has 0 spiro atoms. The van der Waals surface area contributed by atoms with Crippen LogP contribution in [0.15, 0.2) is 91.0 Å². The van der Waals surface area contributed by atoms with Crippen molar-refractivity contribution in [2.24, 2.45) is 0 Å². The quantitative estimate of drug-likeness (QED) is 0.238. The number of rotatable bonds is 6. The number of hydrogen-bond acceptors (Lipinski definition) is 6. The highest BCUT2D eigenvalue weighted by Crippen LogP contribution is 2.44. The van der Waals surface area contributed by atoms with Gasteiger partial charge in [0.1, 0.15) is 5.69 Å². The maximum Gasteiger partial charge on any atom is 0.309 e. The Kier molecular flexibility index (Phi) is 6.73. The normalized spacial score (nSPS) is 11.8. The molecule has 0 unspecified atom stereocenters. The van der Waals surface area contributed by atoms with Crippen molar-refractivity contribution in [3.8, 4) is 45.5 Å². The van der Waals surface area contributed by atoms with E-state index in [2.05, 4.69) is 5.32 Å². The Morgan fingerprint density at radius 1 is 0.829 bits per heavy atom. The average Bonchev–Trinajstić information content (AvgIpc) is 3.57. The van der Waals surface area contributed by atoms with Crippen molar-refractivity contribution in [1.82, 2.24) is 9.78 Å². The van der Waals surface area contributed by atoms with Gasteiger partial charge in [0.05, 0.1) is 11.3 Å². The van der Waals surface area contributed by atoms with Crippen LogP contribution in [0, 0.1) is 13.8 Å². The van der Waals surface area contributed by atoms with E-state index in [1.54, 1.807) is 10.7 Å². The summed E-state index contributed by atoms with van der Waals surface area (Å²) in [4.78, 5) is 25.1. The fourth-order valence-electron chi connectivity index (χ4n) is 4.78. The summed E-state index contributed by atoms with van der Waals surface area (Å²) in [5.41, 5.74) is 6.73. The summed E-state index contributed by atoms with van der Waals surface area (Å²) < 4.78 is 18.6. The van der Waals surface area contributed by atoms with Gasteiger partial charge in [-0.05, 0) is 79.6 Å². The molecule has 0 bridgehead atoms. The van der Waals surface area contributed by atoms with Crippen LogP contribution in [0.3, 0.4) is 0 Å². The number of anilines is 1. The zero-order valence-electron chi connectivity index (χ0n) is 22.8. The number of aromatic nitrogens is 2. The van der Waals surface area contributed by atoms with Gasteiger partial charge >= 0.3 is 5.97 Å². The molecule has 0 saturated heterocycles. The second-order valence-corrected chi connectivity index (χ2v) is 9.84. The number of benzene rings is 4. The number of amides is 1. The lowest BCUT2D eigenvalue weighted by Crippen LogP contribution is -2.11. The van der Waals surface area contributed by atoms with E-state index in [1.165, 1.54) is 6.92 Å². The predicted molar refractivity (Wildman–Crippen MR) is 156 cm³/mol. The molecule has 0 radical (unpaired) electrons. The summed E-state index contributed by atoms with van der Waals surface area (Å²) in [5.74, 6) is 0.881. The highest BCUT2D eigenvalue weighted by molar-refractivity contribution is 6.04. The standard InChI is InChI=1S/C33H27N3O5/c1-20-6-4-8-25(16-20)32(38)34-26-13-10-23(11-14-26)30-31(24-12-15-28-29(18-24)40-19-39-28)35-36(33(30)41-22(3)37)27-9-5-7-21(2)17-27/h4-18H,19H2,1-3H3,(H,34,38). The highest BCUT2D eigenvalue weighted by Gasteiger charge is 2.26. The lowest BCUT2D eigenvalue weighted by atomic mass is 10.0. The largest absolute Gasteiger partial charge is 0.454 e. The summed E-state index contributed by atoms with van der Waals surface area (Å²) in [6, 6.07) is 28.2. The molecule has 2 heterocycles. The highest BCUT2D eigenvalue weighted by atomic mass is 16.7. The summed E-state index contributed by atoms with van der Waals surface area (Å²) in [7, 11) is 0. The molecule has 1 N–H and O–H groups in total. The minimum Gasteiger partial charge on any atom is -0.454 e. The van der Waals surface area contributed by atoms with Gasteiger partial charge < -0.3 is 19.5 Å². The van der Waals surface area contributed by atoms with Crippen LogP contribution in [-0.2, 0) is 4.79 Å². The minimum absolute atomic E-state index is 0.151. The first-order valence-corrected chi connectivity index (χ1v) is 13.1. The summed E-state index contributed by atoms with van der Waals surface area (Å²) in [5, 5.41) is 7.89. The number of nitrogens with one attached hydrogen (secondary N) is 1. The lowest BCUT2D eigenvalue weighted by molar-refractivity contribution is -0.132. The molecule has 1 amide bonds. The molecule has 1 aromatic heterocycles. The molecular weight excluding hydrogens is 518 g/mol. The van der Waals surface area contributed by atoms with Gasteiger partial charge in [0, 0.05) is 23.7 Å². The fourth-order valence-corrected chi connectivity index (χ4v) is 4.78. The van der Waals surface area contributed by atoms with E-state index in [0.29, 0.717) is 34.0 Å². The first-order valence-electron chi connectivity index (χ1n) is 13.1. The van der Waals surface area contributed by atoms with Gasteiger partial charge in [-0.3, -0.25) is 9.59 Å². The molecule has 1 aliphatic rings. The van der Waals surface area contributed by atoms with Crippen molar-refractivity contribution in [3.63, 3.8) is 0 Å². The van der Waals surface area contributed by atoms with E-state index < -0.39 is 5.97 Å². The van der Waals surface area contributed by atoms with Crippen LogP contribution < -0.4 is 19.5 Å². The number of hydrogen-bond donors (Lipinski definition) is 1. The van der Waals surface area contributed by atoms with Crippen LogP contribution >= 0.6 is 0 Å². The van der Waals surface area contributed by atoms with Gasteiger partial charge in [-0.2, -0.15) is 9.78 Å². The molecule has 204 valence electrons. The zero-order valence-corrected chi connectivity index (χ0v) is 22.8. The first kappa shape index (κ1) is 25.9. The zero-order chi connectivity index (χ0) is 28.5. The Labute approximate surface area is 237 Å². The monoisotopic (exact) mass is 545 g/mol. The molecule has 8 nitrogen and oxygen atoms in total. The maximum absolute atomic E-state index is 12.8. The van der Waals surface area contributed by atoms with Gasteiger partial charge in [0.2, 0.25) is 12.7 Å². The molecule has 0 fully saturated rings. The number of esters is 1. The molecule has 0 aliphatic carbocycles. The lowest BCUT2D eigenvalue weighted by Gasteiger charge is -2.11. The first-order chi connectivity index (χ1) is 19.9. The number of nitrogens with zero attached hydrogens (tertiary/aromatic N) is 2. The average molecular weight is 546 g/mol. The second-order valence-electron chi connectivity index (χ2n) is 9.84. The van der Waals surface area contributed by atoms with Crippen LogP contribution in [0.1, 0.15) is 28.4 Å². The number of aryl methyl sites for hydroxylation is 2. The Hall–Kier alpha value is -5.37. The smallest absolute Gasteiger partial charge is 0.309 e. The third kappa shape index (κ3) is 5.27. The van der Waals surface area contributed by atoms with Crippen molar-refractivity contribution in [2.75, 3.05) is 12.1 Å². The maximum atomic E-state index is 12.8. The van der Waals surface area contributed by atoms with E-state index >= 15 is 0 Å². The SMILES string of the molecule is CC(=O)Oc1c(-c2ccc(NC(=O)c3cccc(C)c3)cc2)c(-c2ccc3c(c2)OCO3)nn1-c1cccc(C)c1. The molecule has 0 saturated carbocycles. The van der Waals surface area contributed by atoms with E-state index in [1.807, 2.05) is 98.8 Å². The molecule has 1 aliphatic heterocycles. The molecule has 0 atom stereocenters. The van der Waals surface area contributed by atoms with Crippen molar-refractivity contribution < 1.29 is 23.8 Å². The molecule has 4 aromatic carbocycles. The van der Waals surface area contributed by atoms with Crippen molar-refractivity contribution in [2.45, 2.75) is 20.8 Å². The van der Waals surface area contributed by atoms with Gasteiger partial charge in [-0.1, -0.05) is 42.0 Å². The molecular formula is C33H27N3O5. The number of ether oxygens (including phenoxy) is 3. The van der Waals surface area contributed by atoms with Crippen LogP contribution in [-0.4, -0.2) is 28.4 Å². The molecule has 5 aromatic rings. The third-order valence-electron chi connectivity index (χ3n) is 6.69. The van der Waals surface area contributed by atoms with Crippen LogP contribution in [0.5, 0.6) is 17.4 Å². The second kappa shape index (κ2) is 10.7. The van der Waals surface area contributed by atoms with E-state index in [4.69, 9.17) is 19.3 Å². The minimum atomic E-state index is -0.473. The van der Waals surface area contributed by atoms with Gasteiger partial charge in [-0.25, -0.2) is 0 Å². The van der Waals surface area contributed by atoms with E-state index in [9.17, 15) is 9.59 Å². The summed E-state index contributed by atoms with van der Waals surface area (Å²) in [6.45, 7) is 5.45. The van der Waals surface area contributed by atoms with Gasteiger partial charge in [-0.15, -0.1) is 0 Å². The number of carbonyl (C=O) groups excluding carboxylic acids is 2. The topological polar surface area (TPSA) is 91.7 Å². The molecule has 8 heteroatoms.